The summed E-state index contributed by atoms with van der Waals surface area (Å²) in [4.78, 5) is 26.2. The van der Waals surface area contributed by atoms with E-state index in [1.807, 2.05) is 4.90 Å². The van der Waals surface area contributed by atoms with E-state index in [-0.39, 0.29) is 11.9 Å². The smallest absolute Gasteiger partial charge is 0.319 e. The normalized spacial score (nSPS) is 22.5. The zero-order valence-electron chi connectivity index (χ0n) is 16.2. The maximum absolute atomic E-state index is 12.3. The molecule has 2 atom stereocenters. The molecule has 1 aromatic rings. The molecule has 6 heteroatoms. The summed E-state index contributed by atoms with van der Waals surface area (Å²) in [7, 11) is 0. The summed E-state index contributed by atoms with van der Waals surface area (Å²) in [5.74, 6) is 0.673. The van der Waals surface area contributed by atoms with Crippen LogP contribution in [0.5, 0.6) is 0 Å². The molecule has 27 heavy (non-hydrogen) atoms. The zero-order chi connectivity index (χ0) is 19.1. The fraction of sp³-hybridized carbons (Fsp3) is 0.619. The summed E-state index contributed by atoms with van der Waals surface area (Å²) >= 11 is 0. The lowest BCUT2D eigenvalue weighted by atomic mass is 9.88. The van der Waals surface area contributed by atoms with Gasteiger partial charge in [-0.25, -0.2) is 4.79 Å². The lowest BCUT2D eigenvalue weighted by Gasteiger charge is -2.28. The third-order valence-corrected chi connectivity index (χ3v) is 5.54. The number of likely N-dealkylation sites (tertiary alicyclic amines) is 1. The van der Waals surface area contributed by atoms with E-state index in [2.05, 4.69) is 17.6 Å². The van der Waals surface area contributed by atoms with Crippen molar-refractivity contribution in [3.8, 4) is 0 Å². The van der Waals surface area contributed by atoms with Gasteiger partial charge >= 0.3 is 6.03 Å². The van der Waals surface area contributed by atoms with Gasteiger partial charge in [0.25, 0.3) is 5.91 Å². The van der Waals surface area contributed by atoms with Crippen molar-refractivity contribution in [3.05, 3.63) is 29.8 Å². The van der Waals surface area contributed by atoms with Crippen LogP contribution in [0.15, 0.2) is 24.3 Å². The highest BCUT2D eigenvalue weighted by atomic mass is 16.5. The number of hydrogen-bond acceptors (Lipinski definition) is 3. The van der Waals surface area contributed by atoms with Gasteiger partial charge in [-0.2, -0.15) is 0 Å². The van der Waals surface area contributed by atoms with Gasteiger partial charge in [-0.3, -0.25) is 4.79 Å². The van der Waals surface area contributed by atoms with Crippen molar-refractivity contribution in [2.24, 2.45) is 5.92 Å². The highest BCUT2D eigenvalue weighted by Gasteiger charge is 2.21. The van der Waals surface area contributed by atoms with Crippen LogP contribution in [0.25, 0.3) is 0 Å². The van der Waals surface area contributed by atoms with E-state index >= 15 is 0 Å². The molecule has 0 radical (unpaired) electrons. The molecule has 0 unspecified atom stereocenters. The fourth-order valence-electron chi connectivity index (χ4n) is 3.88. The van der Waals surface area contributed by atoms with Crippen LogP contribution < -0.4 is 10.6 Å². The number of amides is 3. The third kappa shape index (κ3) is 5.70. The number of benzene rings is 1. The van der Waals surface area contributed by atoms with Crippen LogP contribution in [0.1, 0.15) is 55.8 Å². The SMILES string of the molecule is C[C@@H]1CCCC[C@H]1OCCNC(=O)Nc1ccc(C(=O)N2CCCC2)cc1. The number of nitrogens with one attached hydrogen (secondary N) is 2. The van der Waals surface area contributed by atoms with Gasteiger partial charge in [0.1, 0.15) is 0 Å². The van der Waals surface area contributed by atoms with Gasteiger partial charge in [0, 0.05) is 30.9 Å². The first-order chi connectivity index (χ1) is 13.1. The van der Waals surface area contributed by atoms with Gasteiger partial charge in [-0.1, -0.05) is 19.8 Å². The molecular weight excluding hydrogens is 342 g/mol. The molecular formula is C21H31N3O3. The molecule has 1 aliphatic heterocycles. The molecule has 1 saturated heterocycles. The van der Waals surface area contributed by atoms with Crippen molar-refractivity contribution in [1.29, 1.82) is 0 Å². The van der Waals surface area contributed by atoms with Crippen LogP contribution in [0.4, 0.5) is 10.5 Å². The van der Waals surface area contributed by atoms with Crippen LogP contribution in [0.2, 0.25) is 0 Å². The summed E-state index contributed by atoms with van der Waals surface area (Å²) < 4.78 is 5.90. The molecule has 1 heterocycles. The van der Waals surface area contributed by atoms with Crippen molar-refractivity contribution in [2.75, 3.05) is 31.6 Å². The molecule has 0 aromatic heterocycles. The topological polar surface area (TPSA) is 70.7 Å². The highest BCUT2D eigenvalue weighted by Crippen LogP contribution is 2.26. The second-order valence-electron chi connectivity index (χ2n) is 7.63. The minimum atomic E-state index is -0.256. The molecule has 1 aliphatic carbocycles. The molecule has 1 aromatic carbocycles. The quantitative estimate of drug-likeness (QED) is 0.748. The largest absolute Gasteiger partial charge is 0.376 e. The first kappa shape index (κ1) is 19.7. The lowest BCUT2D eigenvalue weighted by Crippen LogP contribution is -2.34. The summed E-state index contributed by atoms with van der Waals surface area (Å²) in [5, 5.41) is 5.61. The van der Waals surface area contributed by atoms with E-state index in [0.717, 1.165) is 32.4 Å². The Bertz CT molecular complexity index is 626. The third-order valence-electron chi connectivity index (χ3n) is 5.54. The Hall–Kier alpha value is -2.08. The van der Waals surface area contributed by atoms with Crippen molar-refractivity contribution in [3.63, 3.8) is 0 Å². The minimum Gasteiger partial charge on any atom is -0.376 e. The second kappa shape index (κ2) is 9.74. The fourth-order valence-corrected chi connectivity index (χ4v) is 3.88. The number of anilines is 1. The maximum Gasteiger partial charge on any atom is 0.319 e. The van der Waals surface area contributed by atoms with E-state index in [4.69, 9.17) is 4.74 Å². The van der Waals surface area contributed by atoms with Gasteiger partial charge in [0.15, 0.2) is 0 Å². The van der Waals surface area contributed by atoms with Crippen LogP contribution >= 0.6 is 0 Å². The molecule has 2 fully saturated rings. The summed E-state index contributed by atoms with van der Waals surface area (Å²) in [6.07, 6.45) is 7.36. The number of hydrogen-bond donors (Lipinski definition) is 2. The monoisotopic (exact) mass is 373 g/mol. The first-order valence-electron chi connectivity index (χ1n) is 10.2. The Labute approximate surface area is 161 Å². The number of carbonyl (C=O) groups excluding carboxylic acids is 2. The number of ether oxygens (including phenoxy) is 1. The maximum atomic E-state index is 12.3. The molecule has 0 spiro atoms. The molecule has 148 valence electrons. The molecule has 0 bridgehead atoms. The van der Waals surface area contributed by atoms with Crippen molar-refractivity contribution in [2.45, 2.75) is 51.6 Å². The van der Waals surface area contributed by atoms with Crippen LogP contribution in [0.3, 0.4) is 0 Å². The average Bonchev–Trinajstić information content (AvgIpc) is 3.21. The number of carbonyl (C=O) groups is 2. The number of urea groups is 1. The molecule has 3 amide bonds. The number of nitrogens with zero attached hydrogens (tertiary/aromatic N) is 1. The van der Waals surface area contributed by atoms with Crippen molar-refractivity contribution >= 4 is 17.6 Å². The zero-order valence-corrected chi connectivity index (χ0v) is 16.2. The summed E-state index contributed by atoms with van der Waals surface area (Å²) in [6.45, 7) is 4.93. The standard InChI is InChI=1S/C21H31N3O3/c1-16-6-2-3-7-19(16)27-15-12-22-21(26)23-18-10-8-17(9-11-18)20(25)24-13-4-5-14-24/h8-11,16,19H,2-7,12-15H2,1H3,(H2,22,23,26)/t16-,19-/m1/s1. The lowest BCUT2D eigenvalue weighted by molar-refractivity contribution is -0.00232. The number of rotatable bonds is 6. The van der Waals surface area contributed by atoms with E-state index in [1.165, 1.54) is 19.3 Å². The van der Waals surface area contributed by atoms with Crippen molar-refractivity contribution < 1.29 is 14.3 Å². The minimum absolute atomic E-state index is 0.0672. The highest BCUT2D eigenvalue weighted by molar-refractivity contribution is 5.95. The van der Waals surface area contributed by atoms with E-state index in [9.17, 15) is 9.59 Å². The summed E-state index contributed by atoms with van der Waals surface area (Å²) in [6, 6.07) is 6.81. The van der Waals surface area contributed by atoms with Gasteiger partial charge in [0.2, 0.25) is 0 Å². The first-order valence-corrected chi connectivity index (χ1v) is 10.2. The van der Waals surface area contributed by atoms with E-state index in [0.29, 0.717) is 36.4 Å². The van der Waals surface area contributed by atoms with Gasteiger partial charge in [-0.05, 0) is 55.9 Å². The van der Waals surface area contributed by atoms with Crippen LogP contribution in [-0.2, 0) is 4.74 Å². The Morgan fingerprint density at radius 3 is 2.48 bits per heavy atom. The molecule has 2 aliphatic rings. The van der Waals surface area contributed by atoms with Crippen LogP contribution in [-0.4, -0.2) is 49.2 Å². The molecule has 6 nitrogen and oxygen atoms in total. The van der Waals surface area contributed by atoms with E-state index < -0.39 is 0 Å². The van der Waals surface area contributed by atoms with Crippen LogP contribution in [0, 0.1) is 5.92 Å². The van der Waals surface area contributed by atoms with Gasteiger partial charge < -0.3 is 20.3 Å². The van der Waals surface area contributed by atoms with Crippen molar-refractivity contribution in [1.82, 2.24) is 10.2 Å². The molecule has 1 saturated carbocycles. The van der Waals surface area contributed by atoms with E-state index in [1.54, 1.807) is 24.3 Å². The Morgan fingerprint density at radius 2 is 1.78 bits per heavy atom. The van der Waals surface area contributed by atoms with Gasteiger partial charge in [0.05, 0.1) is 12.7 Å². The molecule has 2 N–H and O–H groups in total. The molecule has 3 rings (SSSR count). The predicted octanol–water partition coefficient (Wildman–Crippen LogP) is 3.64. The average molecular weight is 373 g/mol. The second-order valence-corrected chi connectivity index (χ2v) is 7.63. The Kier molecular flexibility index (Phi) is 7.10. The Morgan fingerprint density at radius 1 is 1.07 bits per heavy atom. The Balaban J connectivity index is 1.37. The summed E-state index contributed by atoms with van der Waals surface area (Å²) in [5.41, 5.74) is 1.34. The predicted molar refractivity (Wildman–Crippen MR) is 106 cm³/mol. The van der Waals surface area contributed by atoms with Gasteiger partial charge in [-0.15, -0.1) is 0 Å².